The van der Waals surface area contributed by atoms with Crippen LogP contribution in [0.1, 0.15) is 60.6 Å². The van der Waals surface area contributed by atoms with Crippen molar-refractivity contribution in [2.24, 2.45) is 5.41 Å². The van der Waals surface area contributed by atoms with E-state index in [1.807, 2.05) is 18.2 Å². The van der Waals surface area contributed by atoms with Gasteiger partial charge in [0.1, 0.15) is 0 Å². The second-order valence-corrected chi connectivity index (χ2v) is 9.91. The van der Waals surface area contributed by atoms with E-state index in [4.69, 9.17) is 4.42 Å². The number of aryl methyl sites for hydroxylation is 1. The molecular formula is C23H28N4O2S. The summed E-state index contributed by atoms with van der Waals surface area (Å²) in [5, 5.41) is 13.6. The Hall–Kier alpha value is -2.51. The molecule has 2 aromatic heterocycles. The Bertz CT molecular complexity index is 1010. The zero-order valence-corrected chi connectivity index (χ0v) is 18.7. The highest BCUT2D eigenvalue weighted by Gasteiger charge is 2.34. The van der Waals surface area contributed by atoms with Gasteiger partial charge in [0, 0.05) is 18.3 Å². The van der Waals surface area contributed by atoms with Gasteiger partial charge in [0.05, 0.1) is 18.6 Å². The van der Waals surface area contributed by atoms with Crippen molar-refractivity contribution in [3.63, 3.8) is 0 Å². The largest absolute Gasteiger partial charge is 0.424 e. The molecule has 6 nitrogen and oxygen atoms in total. The minimum atomic E-state index is -0.110. The van der Waals surface area contributed by atoms with E-state index in [1.165, 1.54) is 16.0 Å². The summed E-state index contributed by atoms with van der Waals surface area (Å²) < 4.78 is 5.75. The molecule has 1 aliphatic heterocycles. The molecule has 30 heavy (non-hydrogen) atoms. The van der Waals surface area contributed by atoms with Crippen molar-refractivity contribution in [3.8, 4) is 0 Å². The van der Waals surface area contributed by atoms with Crippen LogP contribution in [0.15, 0.2) is 46.2 Å². The molecule has 1 aliphatic rings. The fourth-order valence-electron chi connectivity index (χ4n) is 3.99. The monoisotopic (exact) mass is 424 g/mol. The van der Waals surface area contributed by atoms with Gasteiger partial charge >= 0.3 is 0 Å². The summed E-state index contributed by atoms with van der Waals surface area (Å²) in [5.41, 5.74) is 2.42. The molecule has 1 amide bonds. The molecule has 0 saturated carbocycles. The molecule has 2 unspecified atom stereocenters. The fourth-order valence-corrected chi connectivity index (χ4v) is 5.01. The van der Waals surface area contributed by atoms with Crippen molar-refractivity contribution < 1.29 is 9.21 Å². The van der Waals surface area contributed by atoms with Gasteiger partial charge in [-0.15, -0.1) is 21.5 Å². The van der Waals surface area contributed by atoms with E-state index in [1.54, 1.807) is 18.3 Å². The molecule has 0 aliphatic carbocycles. The molecule has 3 heterocycles. The van der Waals surface area contributed by atoms with Crippen LogP contribution in [0.2, 0.25) is 0 Å². The van der Waals surface area contributed by atoms with E-state index in [0.717, 1.165) is 6.42 Å². The number of carbonyl (C=O) groups is 1. The van der Waals surface area contributed by atoms with Crippen LogP contribution in [-0.2, 0) is 17.8 Å². The van der Waals surface area contributed by atoms with Crippen LogP contribution in [0, 0.1) is 12.3 Å². The van der Waals surface area contributed by atoms with Crippen molar-refractivity contribution in [3.05, 3.63) is 69.6 Å². The number of amides is 1. The van der Waals surface area contributed by atoms with Gasteiger partial charge in [0.2, 0.25) is 17.7 Å². The van der Waals surface area contributed by atoms with Crippen LogP contribution in [0.25, 0.3) is 0 Å². The maximum absolute atomic E-state index is 13.1. The van der Waals surface area contributed by atoms with Gasteiger partial charge in [0.25, 0.3) is 0 Å². The fraction of sp³-hybridized carbons (Fsp3) is 0.435. The number of nitrogens with zero attached hydrogens (tertiary/aromatic N) is 3. The zero-order chi connectivity index (χ0) is 21.3. The summed E-state index contributed by atoms with van der Waals surface area (Å²) in [4.78, 5) is 16.5. The van der Waals surface area contributed by atoms with Gasteiger partial charge in [-0.2, -0.15) is 0 Å². The second kappa shape index (κ2) is 8.32. The van der Waals surface area contributed by atoms with Crippen LogP contribution >= 0.6 is 11.3 Å². The lowest BCUT2D eigenvalue weighted by atomic mass is 9.85. The molecule has 2 atom stereocenters. The average molecular weight is 425 g/mol. The normalized spacial score (nSPS) is 18.1. The van der Waals surface area contributed by atoms with E-state index >= 15 is 0 Å². The Morgan fingerprint density at radius 2 is 2.00 bits per heavy atom. The Kier molecular flexibility index (Phi) is 5.75. The number of nitrogens with one attached hydrogen (secondary N) is 1. The number of aromatic nitrogens is 2. The van der Waals surface area contributed by atoms with Crippen LogP contribution in [0.3, 0.4) is 0 Å². The lowest BCUT2D eigenvalue weighted by molar-refractivity contribution is -0.124. The van der Waals surface area contributed by atoms with Crippen molar-refractivity contribution in [1.82, 2.24) is 20.4 Å². The van der Waals surface area contributed by atoms with Gasteiger partial charge in [-0.1, -0.05) is 51.1 Å². The lowest BCUT2D eigenvalue weighted by Gasteiger charge is -2.36. The van der Waals surface area contributed by atoms with Crippen LogP contribution in [-0.4, -0.2) is 27.5 Å². The second-order valence-electron chi connectivity index (χ2n) is 8.93. The third kappa shape index (κ3) is 4.47. The molecule has 0 bridgehead atoms. The number of hydrogen-bond acceptors (Lipinski definition) is 6. The van der Waals surface area contributed by atoms with Crippen LogP contribution < -0.4 is 5.32 Å². The summed E-state index contributed by atoms with van der Waals surface area (Å²) in [7, 11) is 0. The molecule has 0 saturated heterocycles. The third-order valence-electron chi connectivity index (χ3n) is 5.52. The minimum absolute atomic E-state index is 0.00365. The molecule has 7 heteroatoms. The molecule has 3 aromatic rings. The first-order valence-electron chi connectivity index (χ1n) is 10.2. The highest BCUT2D eigenvalue weighted by Crippen LogP contribution is 2.36. The molecule has 4 rings (SSSR count). The number of carbonyl (C=O) groups excluding carboxylic acids is 1. The summed E-state index contributed by atoms with van der Waals surface area (Å²) in [6.45, 7) is 9.20. The first-order valence-corrected chi connectivity index (χ1v) is 11.1. The van der Waals surface area contributed by atoms with Crippen molar-refractivity contribution in [2.75, 3.05) is 6.54 Å². The maximum atomic E-state index is 13.1. The van der Waals surface area contributed by atoms with Gasteiger partial charge in [-0.05, 0) is 34.4 Å². The number of hydrogen-bond donors (Lipinski definition) is 1. The first-order chi connectivity index (χ1) is 14.3. The molecular weight excluding hydrogens is 396 g/mol. The predicted octanol–water partition coefficient (Wildman–Crippen LogP) is 4.44. The smallest absolute Gasteiger partial charge is 0.234 e. The van der Waals surface area contributed by atoms with Gasteiger partial charge in [-0.3, -0.25) is 9.69 Å². The molecule has 1 N–H and O–H groups in total. The molecule has 0 fully saturated rings. The van der Waals surface area contributed by atoms with E-state index < -0.39 is 0 Å². The van der Waals surface area contributed by atoms with Crippen LogP contribution in [0.4, 0.5) is 0 Å². The number of rotatable bonds is 5. The molecule has 0 radical (unpaired) electrons. The number of fused-ring (bicyclic) bond motifs is 1. The third-order valence-corrected chi connectivity index (χ3v) is 6.46. The Morgan fingerprint density at radius 1 is 1.23 bits per heavy atom. The lowest BCUT2D eigenvalue weighted by Crippen LogP contribution is -2.44. The Balaban J connectivity index is 1.55. The quantitative estimate of drug-likeness (QED) is 0.655. The van der Waals surface area contributed by atoms with Crippen molar-refractivity contribution in [2.45, 2.75) is 52.7 Å². The van der Waals surface area contributed by atoms with Crippen molar-refractivity contribution in [1.29, 1.82) is 0 Å². The highest BCUT2D eigenvalue weighted by molar-refractivity contribution is 7.10. The maximum Gasteiger partial charge on any atom is 0.234 e. The standard InChI is InChI=1S/C23H28N4O2S/c1-15-25-26-22(29-15)18-12-16-8-5-6-9-17(16)13-27(18)14-20(28)24-21(23(2,3)4)19-10-7-11-30-19/h5-11,18,21H,12-14H2,1-4H3,(H,24,28). The Morgan fingerprint density at radius 3 is 2.63 bits per heavy atom. The van der Waals surface area contributed by atoms with Crippen molar-refractivity contribution >= 4 is 17.2 Å². The number of thiophene rings is 1. The summed E-state index contributed by atoms with van der Waals surface area (Å²) in [6, 6.07) is 12.3. The summed E-state index contributed by atoms with van der Waals surface area (Å²) >= 11 is 1.68. The number of benzene rings is 1. The van der Waals surface area contributed by atoms with Gasteiger partial charge in [0.15, 0.2) is 0 Å². The summed E-state index contributed by atoms with van der Waals surface area (Å²) in [6.07, 6.45) is 0.749. The van der Waals surface area contributed by atoms with Gasteiger partial charge in [-0.25, -0.2) is 0 Å². The minimum Gasteiger partial charge on any atom is -0.424 e. The summed E-state index contributed by atoms with van der Waals surface area (Å²) in [5.74, 6) is 1.11. The first kappa shape index (κ1) is 20.8. The topological polar surface area (TPSA) is 71.3 Å². The van der Waals surface area contributed by atoms with E-state index in [2.05, 4.69) is 64.8 Å². The molecule has 0 spiro atoms. The Labute approximate surface area is 181 Å². The van der Waals surface area contributed by atoms with Gasteiger partial charge < -0.3 is 9.73 Å². The zero-order valence-electron chi connectivity index (χ0n) is 17.9. The predicted molar refractivity (Wildman–Crippen MR) is 117 cm³/mol. The van der Waals surface area contributed by atoms with Crippen LogP contribution in [0.5, 0.6) is 0 Å². The van der Waals surface area contributed by atoms with E-state index in [9.17, 15) is 4.79 Å². The van der Waals surface area contributed by atoms with E-state index in [0.29, 0.717) is 18.3 Å². The molecule has 158 valence electrons. The average Bonchev–Trinajstić information content (AvgIpc) is 3.36. The SMILES string of the molecule is Cc1nnc(C2Cc3ccccc3CN2CC(=O)NC(c2cccs2)C(C)(C)C)o1. The van der Waals surface area contributed by atoms with E-state index in [-0.39, 0.29) is 30.0 Å². The highest BCUT2D eigenvalue weighted by atomic mass is 32.1. The molecule has 1 aromatic carbocycles.